The van der Waals surface area contributed by atoms with Gasteiger partial charge in [-0.2, -0.15) is 0 Å². The number of ether oxygens (including phenoxy) is 1. The van der Waals surface area contributed by atoms with Gasteiger partial charge in [0.25, 0.3) is 0 Å². The fourth-order valence-corrected chi connectivity index (χ4v) is 1.73. The summed E-state index contributed by atoms with van der Waals surface area (Å²) < 4.78 is 10.3. The Bertz CT molecular complexity index is 469. The summed E-state index contributed by atoms with van der Waals surface area (Å²) in [5, 5.41) is 0. The van der Waals surface area contributed by atoms with Crippen molar-refractivity contribution in [2.45, 2.75) is 0 Å². The maximum absolute atomic E-state index is 5.23. The van der Waals surface area contributed by atoms with E-state index in [-0.39, 0.29) is 0 Å². The average molecular weight is 241 g/mol. The van der Waals surface area contributed by atoms with Crippen molar-refractivity contribution in [3.8, 4) is 0 Å². The lowest BCUT2D eigenvalue weighted by Crippen LogP contribution is -2.26. The first-order chi connectivity index (χ1) is 8.86. The summed E-state index contributed by atoms with van der Waals surface area (Å²) >= 11 is 0. The van der Waals surface area contributed by atoms with E-state index in [2.05, 4.69) is 7.11 Å². The number of amides is 1. The molecule has 0 N–H and O–H groups in total. The molecule has 0 heterocycles. The first-order valence-electron chi connectivity index (χ1n) is 5.60. The van der Waals surface area contributed by atoms with Crippen LogP contribution in [0.15, 0.2) is 60.7 Å². The fraction of sp³-hybridized carbons (Fsp3) is 0.0667. The van der Waals surface area contributed by atoms with Gasteiger partial charge in [0.2, 0.25) is 0 Å². The van der Waals surface area contributed by atoms with Crippen LogP contribution < -0.4 is 4.90 Å². The predicted octanol–water partition coefficient (Wildman–Crippen LogP) is 3.92. The maximum Gasteiger partial charge on any atom is 0.461 e. The zero-order valence-electron chi connectivity index (χ0n) is 10.2. The molecule has 0 aliphatic rings. The zero-order chi connectivity index (χ0) is 12.8. The molecule has 2 aromatic rings. The number of para-hydroxylation sites is 2. The third-order valence-corrected chi connectivity index (χ3v) is 2.51. The van der Waals surface area contributed by atoms with E-state index in [0.717, 1.165) is 11.4 Å². The molecule has 0 unspecified atom stereocenters. The highest BCUT2D eigenvalue weighted by molar-refractivity contribution is 5.96. The number of hydrogen-bond acceptors (Lipinski definition) is 1. The SMILES string of the molecule is [CH2-]/[O+]=C(\OC)N(c1ccccc1)c1ccccc1. The molecule has 0 radical (unpaired) electrons. The van der Waals surface area contributed by atoms with E-state index >= 15 is 0 Å². The van der Waals surface area contributed by atoms with Crippen molar-refractivity contribution in [2.75, 3.05) is 12.0 Å². The molecule has 3 heteroatoms. The molecule has 1 amide bonds. The highest BCUT2D eigenvalue weighted by atomic mass is 16.6. The number of methoxy groups -OCH3 is 1. The topological polar surface area (TPSA) is 23.8 Å². The van der Waals surface area contributed by atoms with Gasteiger partial charge in [0, 0.05) is 18.5 Å². The maximum atomic E-state index is 5.23. The monoisotopic (exact) mass is 241 g/mol. The number of benzene rings is 2. The summed E-state index contributed by atoms with van der Waals surface area (Å²) in [5.74, 6) is 0. The van der Waals surface area contributed by atoms with Gasteiger partial charge >= 0.3 is 6.09 Å². The summed E-state index contributed by atoms with van der Waals surface area (Å²) in [7, 11) is 4.98. The number of rotatable bonds is 2. The van der Waals surface area contributed by atoms with Crippen molar-refractivity contribution >= 4 is 17.5 Å². The molecule has 0 saturated carbocycles. The molecule has 92 valence electrons. The van der Waals surface area contributed by atoms with Crippen molar-refractivity contribution in [2.24, 2.45) is 0 Å². The van der Waals surface area contributed by atoms with Crippen molar-refractivity contribution in [1.82, 2.24) is 0 Å². The highest BCUT2D eigenvalue weighted by Crippen LogP contribution is 2.26. The van der Waals surface area contributed by atoms with Crippen molar-refractivity contribution in [1.29, 1.82) is 0 Å². The fourth-order valence-electron chi connectivity index (χ4n) is 1.73. The molecule has 0 saturated heterocycles. The molecular weight excluding hydrogens is 226 g/mol. The Balaban J connectivity index is 2.48. The number of nitrogens with zero attached hydrogens (tertiary/aromatic N) is 1. The Labute approximate surface area is 107 Å². The molecule has 2 rings (SSSR count). The lowest BCUT2D eigenvalue weighted by Gasteiger charge is -2.23. The van der Waals surface area contributed by atoms with Crippen LogP contribution in [0.2, 0.25) is 0 Å². The van der Waals surface area contributed by atoms with Crippen LogP contribution in [0, 0.1) is 7.11 Å². The van der Waals surface area contributed by atoms with Gasteiger partial charge in [0.15, 0.2) is 7.11 Å². The zero-order valence-corrected chi connectivity index (χ0v) is 10.2. The number of anilines is 2. The molecule has 0 atom stereocenters. The van der Waals surface area contributed by atoms with E-state index in [1.807, 2.05) is 65.6 Å². The van der Waals surface area contributed by atoms with Crippen LogP contribution in [-0.4, -0.2) is 13.2 Å². The molecule has 0 spiro atoms. The van der Waals surface area contributed by atoms with Gasteiger partial charge in [-0.3, -0.25) is 4.90 Å². The van der Waals surface area contributed by atoms with Crippen LogP contribution in [0.1, 0.15) is 0 Å². The first kappa shape index (κ1) is 12.0. The van der Waals surface area contributed by atoms with Crippen molar-refractivity contribution in [3.05, 3.63) is 67.8 Å². The van der Waals surface area contributed by atoms with E-state index in [0.29, 0.717) is 6.09 Å². The third kappa shape index (κ3) is 2.46. The van der Waals surface area contributed by atoms with Crippen LogP contribution in [-0.2, 0) is 4.74 Å². The number of carbonyl (C=O) groups excluding carboxylic acids is 1. The van der Waals surface area contributed by atoms with Gasteiger partial charge in [0.1, 0.15) is 0 Å². The van der Waals surface area contributed by atoms with Crippen LogP contribution in [0.5, 0.6) is 0 Å². The smallest absolute Gasteiger partial charge is 0.452 e. The minimum Gasteiger partial charge on any atom is -0.452 e. The van der Waals surface area contributed by atoms with E-state index in [4.69, 9.17) is 9.16 Å². The second-order valence-corrected chi connectivity index (χ2v) is 3.62. The lowest BCUT2D eigenvalue weighted by atomic mass is 10.2. The Hall–Kier alpha value is -2.42. The second kappa shape index (κ2) is 5.77. The van der Waals surface area contributed by atoms with Crippen LogP contribution in [0.3, 0.4) is 0 Å². The van der Waals surface area contributed by atoms with Gasteiger partial charge < -0.3 is 9.16 Å². The third-order valence-electron chi connectivity index (χ3n) is 2.51. The second-order valence-electron chi connectivity index (χ2n) is 3.62. The van der Waals surface area contributed by atoms with Gasteiger partial charge in [-0.15, -0.1) is 0 Å². The van der Waals surface area contributed by atoms with Crippen molar-refractivity contribution in [3.63, 3.8) is 0 Å². The lowest BCUT2D eigenvalue weighted by molar-refractivity contribution is -0.0612. The molecule has 0 aliphatic carbocycles. The van der Waals surface area contributed by atoms with Crippen LogP contribution in [0.25, 0.3) is 0 Å². The summed E-state index contributed by atoms with van der Waals surface area (Å²) in [6.45, 7) is 0. The highest BCUT2D eigenvalue weighted by Gasteiger charge is 2.18. The van der Waals surface area contributed by atoms with Gasteiger partial charge in [-0.05, 0) is 24.3 Å². The van der Waals surface area contributed by atoms with Gasteiger partial charge in [-0.1, -0.05) is 36.4 Å². The standard InChI is InChI=1S/C15H15NO2/c1-17-15(18-2)16(13-9-5-3-6-10-13)14-11-7-4-8-12-14/h3-12H,1H2,2H3. The van der Waals surface area contributed by atoms with Crippen LogP contribution in [0.4, 0.5) is 15.8 Å². The Morgan fingerprint density at radius 3 is 1.72 bits per heavy atom. The molecule has 18 heavy (non-hydrogen) atoms. The van der Waals surface area contributed by atoms with E-state index in [1.54, 1.807) is 7.11 Å². The van der Waals surface area contributed by atoms with E-state index in [1.165, 1.54) is 0 Å². The largest absolute Gasteiger partial charge is 0.461 e. The molecule has 0 bridgehead atoms. The van der Waals surface area contributed by atoms with E-state index < -0.39 is 0 Å². The molecule has 0 fully saturated rings. The normalized spacial score (nSPS) is 11.1. The van der Waals surface area contributed by atoms with E-state index in [9.17, 15) is 0 Å². The molecule has 0 aromatic heterocycles. The first-order valence-corrected chi connectivity index (χ1v) is 5.60. The van der Waals surface area contributed by atoms with Gasteiger partial charge in [-0.25, -0.2) is 0 Å². The summed E-state index contributed by atoms with van der Waals surface area (Å²) in [6, 6.07) is 19.7. The predicted molar refractivity (Wildman–Crippen MR) is 72.8 cm³/mol. The summed E-state index contributed by atoms with van der Waals surface area (Å²) in [5.41, 5.74) is 1.90. The Morgan fingerprint density at radius 2 is 1.39 bits per heavy atom. The average Bonchev–Trinajstić information content (AvgIpc) is 2.46. The number of hydrogen-bond donors (Lipinski definition) is 0. The summed E-state index contributed by atoms with van der Waals surface area (Å²) in [4.78, 5) is 1.85. The van der Waals surface area contributed by atoms with Gasteiger partial charge in [0.05, 0.1) is 0 Å². The molecule has 3 nitrogen and oxygen atoms in total. The molecular formula is C15H15NO2. The Morgan fingerprint density at radius 1 is 0.944 bits per heavy atom. The molecule has 0 aliphatic heterocycles. The minimum absolute atomic E-state index is 0.326. The summed E-state index contributed by atoms with van der Waals surface area (Å²) in [6.07, 6.45) is 0.326. The van der Waals surface area contributed by atoms with Crippen LogP contribution >= 0.6 is 0 Å². The quantitative estimate of drug-likeness (QED) is 0.577. The Kier molecular flexibility index (Phi) is 3.86. The van der Waals surface area contributed by atoms with Crippen molar-refractivity contribution < 1.29 is 9.16 Å². The molecule has 2 aromatic carbocycles. The minimum atomic E-state index is 0.326.